The molecule has 3 rings (SSSR count). The molecule has 1 aliphatic carbocycles. The molecule has 1 fully saturated rings. The molecule has 15 heavy (non-hydrogen) atoms. The normalized spacial score (nSPS) is 22.5. The van der Waals surface area contributed by atoms with Gasteiger partial charge in [0.15, 0.2) is 0 Å². The molecule has 1 aliphatic heterocycles. The second-order valence-corrected chi connectivity index (χ2v) is 4.65. The molecule has 1 amide bonds. The Hall–Kier alpha value is -1.31. The fraction of sp³-hybridized carbons (Fsp3) is 0.462. The highest BCUT2D eigenvalue weighted by Gasteiger charge is 2.48. The Morgan fingerprint density at radius 2 is 1.87 bits per heavy atom. The van der Waals surface area contributed by atoms with E-state index in [-0.39, 0.29) is 11.4 Å². The van der Waals surface area contributed by atoms with Gasteiger partial charge in [0, 0.05) is 12.6 Å². The van der Waals surface area contributed by atoms with E-state index in [2.05, 4.69) is 6.07 Å². The van der Waals surface area contributed by atoms with E-state index in [0.29, 0.717) is 0 Å². The number of amides is 1. The summed E-state index contributed by atoms with van der Waals surface area (Å²) in [6, 6.07) is 8.09. The van der Waals surface area contributed by atoms with Crippen LogP contribution in [0.1, 0.15) is 41.6 Å². The van der Waals surface area contributed by atoms with Gasteiger partial charge in [0.2, 0.25) is 0 Å². The van der Waals surface area contributed by atoms with Gasteiger partial charge in [-0.3, -0.25) is 4.79 Å². The highest BCUT2D eigenvalue weighted by atomic mass is 16.2. The van der Waals surface area contributed by atoms with E-state index >= 15 is 0 Å². The van der Waals surface area contributed by atoms with Gasteiger partial charge in [-0.1, -0.05) is 31.0 Å². The first kappa shape index (κ1) is 8.96. The van der Waals surface area contributed by atoms with Crippen LogP contribution < -0.4 is 0 Å². The van der Waals surface area contributed by atoms with Crippen molar-refractivity contribution in [2.24, 2.45) is 0 Å². The average molecular weight is 201 g/mol. The average Bonchev–Trinajstić information content (AvgIpc) is 2.83. The van der Waals surface area contributed by atoms with E-state index < -0.39 is 0 Å². The van der Waals surface area contributed by atoms with Crippen LogP contribution in [-0.4, -0.2) is 17.9 Å². The molecule has 0 unspecified atom stereocenters. The third kappa shape index (κ3) is 0.969. The molecule has 2 nitrogen and oxygen atoms in total. The number of carbonyl (C=O) groups is 1. The number of hydrogen-bond acceptors (Lipinski definition) is 1. The summed E-state index contributed by atoms with van der Waals surface area (Å²) in [5, 5.41) is 0. The van der Waals surface area contributed by atoms with E-state index in [4.69, 9.17) is 0 Å². The lowest BCUT2D eigenvalue weighted by molar-refractivity contribution is 0.0642. The van der Waals surface area contributed by atoms with Gasteiger partial charge in [0.25, 0.3) is 5.91 Å². The summed E-state index contributed by atoms with van der Waals surface area (Å²) in [5.41, 5.74) is 2.21. The van der Waals surface area contributed by atoms with Crippen molar-refractivity contribution in [1.82, 2.24) is 4.90 Å². The summed E-state index contributed by atoms with van der Waals surface area (Å²) >= 11 is 0. The quantitative estimate of drug-likeness (QED) is 0.631. The fourth-order valence-electron chi connectivity index (χ4n) is 3.20. The molecule has 0 N–H and O–H groups in total. The Bertz CT molecular complexity index is 418. The maximum atomic E-state index is 12.1. The predicted molar refractivity (Wildman–Crippen MR) is 58.7 cm³/mol. The molecule has 78 valence electrons. The number of rotatable bonds is 0. The minimum Gasteiger partial charge on any atom is -0.332 e. The maximum absolute atomic E-state index is 12.1. The van der Waals surface area contributed by atoms with E-state index in [0.717, 1.165) is 18.4 Å². The number of benzene rings is 1. The minimum absolute atomic E-state index is 0.0354. The van der Waals surface area contributed by atoms with Gasteiger partial charge in [-0.15, -0.1) is 0 Å². The van der Waals surface area contributed by atoms with Crippen LogP contribution in [-0.2, 0) is 5.54 Å². The lowest BCUT2D eigenvalue weighted by Gasteiger charge is -2.32. The molecule has 0 bridgehead atoms. The molecular weight excluding hydrogens is 186 g/mol. The molecule has 1 aromatic carbocycles. The molecule has 2 aliphatic rings. The van der Waals surface area contributed by atoms with Crippen molar-refractivity contribution < 1.29 is 4.79 Å². The summed E-state index contributed by atoms with van der Waals surface area (Å²) in [6.45, 7) is 0. The van der Waals surface area contributed by atoms with Crippen LogP contribution in [0.25, 0.3) is 0 Å². The van der Waals surface area contributed by atoms with Gasteiger partial charge in [0.1, 0.15) is 0 Å². The highest BCUT2D eigenvalue weighted by molar-refractivity contribution is 5.99. The molecule has 2 heteroatoms. The number of carbonyl (C=O) groups excluding carboxylic acids is 1. The van der Waals surface area contributed by atoms with Gasteiger partial charge in [0.05, 0.1) is 5.54 Å². The Balaban J connectivity index is 2.22. The van der Waals surface area contributed by atoms with Crippen molar-refractivity contribution in [3.05, 3.63) is 35.4 Å². The topological polar surface area (TPSA) is 20.3 Å². The van der Waals surface area contributed by atoms with Gasteiger partial charge < -0.3 is 4.90 Å². The maximum Gasteiger partial charge on any atom is 0.254 e. The van der Waals surface area contributed by atoms with E-state index in [1.54, 1.807) is 0 Å². The van der Waals surface area contributed by atoms with Crippen molar-refractivity contribution in [2.45, 2.75) is 31.2 Å². The molecule has 0 atom stereocenters. The third-order valence-corrected chi connectivity index (χ3v) is 4.04. The molecule has 0 saturated heterocycles. The Morgan fingerprint density at radius 3 is 2.60 bits per heavy atom. The van der Waals surface area contributed by atoms with Gasteiger partial charge >= 0.3 is 0 Å². The first-order valence-corrected chi connectivity index (χ1v) is 5.63. The summed E-state index contributed by atoms with van der Waals surface area (Å²) in [7, 11) is 1.95. The SMILES string of the molecule is CN1C(=O)c2ccccc2C12CCCC2. The number of fused-ring (bicyclic) bond motifs is 2. The number of hydrogen-bond donors (Lipinski definition) is 0. The molecule has 1 heterocycles. The van der Waals surface area contributed by atoms with Crippen LogP contribution in [0, 0.1) is 0 Å². The molecule has 1 aromatic rings. The van der Waals surface area contributed by atoms with Crippen LogP contribution in [0.3, 0.4) is 0 Å². The summed E-state index contributed by atoms with van der Waals surface area (Å²) in [5.74, 6) is 0.201. The largest absolute Gasteiger partial charge is 0.332 e. The lowest BCUT2D eigenvalue weighted by Crippen LogP contribution is -2.38. The fourth-order valence-corrected chi connectivity index (χ4v) is 3.20. The zero-order valence-electron chi connectivity index (χ0n) is 8.99. The summed E-state index contributed by atoms with van der Waals surface area (Å²) < 4.78 is 0. The van der Waals surface area contributed by atoms with Gasteiger partial charge in [-0.25, -0.2) is 0 Å². The molecule has 1 spiro atoms. The predicted octanol–water partition coefficient (Wildman–Crippen LogP) is 2.54. The highest BCUT2D eigenvalue weighted by Crippen LogP contribution is 2.48. The Labute approximate surface area is 89.9 Å². The molecular formula is C13H15NO. The zero-order chi connectivity index (χ0) is 10.5. The molecule has 1 saturated carbocycles. The Kier molecular flexibility index (Phi) is 1.70. The Morgan fingerprint density at radius 1 is 1.20 bits per heavy atom. The van der Waals surface area contributed by atoms with Crippen LogP contribution in [0.4, 0.5) is 0 Å². The molecule has 0 aromatic heterocycles. The van der Waals surface area contributed by atoms with Crippen molar-refractivity contribution >= 4 is 5.91 Å². The van der Waals surface area contributed by atoms with Gasteiger partial charge in [-0.2, -0.15) is 0 Å². The zero-order valence-corrected chi connectivity index (χ0v) is 8.99. The molecule has 0 radical (unpaired) electrons. The first-order chi connectivity index (χ1) is 7.26. The summed E-state index contributed by atoms with van der Waals surface area (Å²) in [4.78, 5) is 14.0. The van der Waals surface area contributed by atoms with E-state index in [9.17, 15) is 4.79 Å². The van der Waals surface area contributed by atoms with Crippen LogP contribution in [0.2, 0.25) is 0 Å². The van der Waals surface area contributed by atoms with E-state index in [1.807, 2.05) is 30.1 Å². The van der Waals surface area contributed by atoms with Crippen LogP contribution >= 0.6 is 0 Å². The monoisotopic (exact) mass is 201 g/mol. The standard InChI is InChI=1S/C13H15NO/c1-14-12(15)10-6-2-3-7-11(10)13(14)8-4-5-9-13/h2-3,6-7H,4-5,8-9H2,1H3. The second-order valence-electron chi connectivity index (χ2n) is 4.65. The van der Waals surface area contributed by atoms with Gasteiger partial charge in [-0.05, 0) is 24.5 Å². The minimum atomic E-state index is 0.0354. The van der Waals surface area contributed by atoms with Crippen molar-refractivity contribution in [2.75, 3.05) is 7.05 Å². The lowest BCUT2D eigenvalue weighted by atomic mass is 9.88. The van der Waals surface area contributed by atoms with Crippen molar-refractivity contribution in [3.8, 4) is 0 Å². The summed E-state index contributed by atoms with van der Waals surface area (Å²) in [6.07, 6.45) is 4.75. The van der Waals surface area contributed by atoms with Crippen molar-refractivity contribution in [3.63, 3.8) is 0 Å². The van der Waals surface area contributed by atoms with Crippen molar-refractivity contribution in [1.29, 1.82) is 0 Å². The number of nitrogens with zero attached hydrogens (tertiary/aromatic N) is 1. The smallest absolute Gasteiger partial charge is 0.254 e. The van der Waals surface area contributed by atoms with Crippen LogP contribution in [0.5, 0.6) is 0 Å². The second kappa shape index (κ2) is 2.84. The first-order valence-electron chi connectivity index (χ1n) is 5.63. The third-order valence-electron chi connectivity index (χ3n) is 4.04. The van der Waals surface area contributed by atoms with E-state index in [1.165, 1.54) is 18.4 Å². The van der Waals surface area contributed by atoms with Crippen LogP contribution in [0.15, 0.2) is 24.3 Å².